The van der Waals surface area contributed by atoms with E-state index in [-0.39, 0.29) is 34.3 Å². The highest BCUT2D eigenvalue weighted by Gasteiger charge is 2.36. The standard InChI is InChI=1S/C36H38Cl3N3O5S/c1-4-5-20-40-36(44)33(21-26-10-7-6-8-11-26)41(23-29-30(38)12-9-13-31(29)39)35(43)24-42(32-22-27(37)16-19-34(32)47-3)48(45,46)28-17-14-25(2)15-18-28/h6-19,22,33H,4-5,20-21,23-24H2,1-3H3,(H,40,44)/t33-/m1/s1. The van der Waals surface area contributed by atoms with Crippen LogP contribution in [0.25, 0.3) is 0 Å². The summed E-state index contributed by atoms with van der Waals surface area (Å²) in [6.07, 6.45) is 1.75. The summed E-state index contributed by atoms with van der Waals surface area (Å²) in [5, 5.41) is 3.79. The minimum atomic E-state index is -4.37. The lowest BCUT2D eigenvalue weighted by atomic mass is 10.0. The SMILES string of the molecule is CCCCNC(=O)[C@@H](Cc1ccccc1)N(Cc1c(Cl)cccc1Cl)C(=O)CN(c1cc(Cl)ccc1OC)S(=O)(=O)c1ccc(C)cc1. The number of sulfonamides is 1. The molecule has 48 heavy (non-hydrogen) atoms. The summed E-state index contributed by atoms with van der Waals surface area (Å²) in [5.74, 6) is -0.880. The van der Waals surface area contributed by atoms with Crippen LogP contribution in [0.1, 0.15) is 36.5 Å². The minimum Gasteiger partial charge on any atom is -0.495 e. The van der Waals surface area contributed by atoms with Crippen molar-refractivity contribution in [3.05, 3.63) is 123 Å². The van der Waals surface area contributed by atoms with Crippen LogP contribution in [0.3, 0.4) is 0 Å². The van der Waals surface area contributed by atoms with Crippen LogP contribution in [0.4, 0.5) is 5.69 Å². The largest absolute Gasteiger partial charge is 0.495 e. The first-order valence-corrected chi connectivity index (χ1v) is 18.0. The maximum atomic E-state index is 14.7. The van der Waals surface area contributed by atoms with Crippen LogP contribution in [0.2, 0.25) is 15.1 Å². The number of hydrogen-bond acceptors (Lipinski definition) is 5. The molecule has 12 heteroatoms. The number of aryl methyl sites for hydroxylation is 1. The van der Waals surface area contributed by atoms with Crippen LogP contribution >= 0.6 is 34.8 Å². The molecule has 0 bridgehead atoms. The van der Waals surface area contributed by atoms with Crippen LogP contribution in [-0.2, 0) is 32.6 Å². The Kier molecular flexibility index (Phi) is 13.2. The Bertz CT molecular complexity index is 1800. The van der Waals surface area contributed by atoms with Crippen LogP contribution in [0, 0.1) is 6.92 Å². The number of halogens is 3. The molecule has 0 heterocycles. The van der Waals surface area contributed by atoms with Gasteiger partial charge in [0, 0.05) is 40.1 Å². The van der Waals surface area contributed by atoms with Gasteiger partial charge in [-0.05, 0) is 61.4 Å². The van der Waals surface area contributed by atoms with Crippen molar-refractivity contribution in [1.82, 2.24) is 10.2 Å². The zero-order valence-corrected chi connectivity index (χ0v) is 30.0. The first-order chi connectivity index (χ1) is 23.0. The fourth-order valence-electron chi connectivity index (χ4n) is 5.12. The molecule has 1 N–H and O–H groups in total. The first-order valence-electron chi connectivity index (χ1n) is 15.4. The number of ether oxygens (including phenoxy) is 1. The molecule has 0 aliphatic heterocycles. The Hall–Kier alpha value is -3.76. The van der Waals surface area contributed by atoms with Gasteiger partial charge in [-0.25, -0.2) is 8.42 Å². The molecule has 0 saturated heterocycles. The monoisotopic (exact) mass is 729 g/mol. The molecule has 0 unspecified atom stereocenters. The van der Waals surface area contributed by atoms with Gasteiger partial charge in [0.25, 0.3) is 10.0 Å². The van der Waals surface area contributed by atoms with Crippen molar-refractivity contribution in [1.29, 1.82) is 0 Å². The van der Waals surface area contributed by atoms with E-state index < -0.39 is 34.4 Å². The van der Waals surface area contributed by atoms with Crippen molar-refractivity contribution in [3.63, 3.8) is 0 Å². The number of anilines is 1. The van der Waals surface area contributed by atoms with E-state index in [1.54, 1.807) is 36.4 Å². The summed E-state index contributed by atoms with van der Waals surface area (Å²) in [4.78, 5) is 30.0. The van der Waals surface area contributed by atoms with Gasteiger partial charge in [0.05, 0.1) is 17.7 Å². The van der Waals surface area contributed by atoms with E-state index >= 15 is 0 Å². The van der Waals surface area contributed by atoms with Crippen molar-refractivity contribution >= 4 is 62.3 Å². The maximum Gasteiger partial charge on any atom is 0.264 e. The number of benzene rings is 4. The molecule has 4 rings (SSSR count). The molecule has 8 nitrogen and oxygen atoms in total. The second-order valence-corrected chi connectivity index (χ2v) is 14.3. The van der Waals surface area contributed by atoms with E-state index in [2.05, 4.69) is 5.32 Å². The van der Waals surface area contributed by atoms with Gasteiger partial charge in [-0.2, -0.15) is 0 Å². The number of nitrogens with zero attached hydrogens (tertiary/aromatic N) is 2. The zero-order valence-electron chi connectivity index (χ0n) is 27.0. The summed E-state index contributed by atoms with van der Waals surface area (Å²) < 4.78 is 35.2. The zero-order chi connectivity index (χ0) is 34.8. The predicted molar refractivity (Wildman–Crippen MR) is 193 cm³/mol. The molecule has 0 aromatic heterocycles. The summed E-state index contributed by atoms with van der Waals surface area (Å²) in [6, 6.07) is 24.0. The van der Waals surface area contributed by atoms with Gasteiger partial charge in [0.2, 0.25) is 11.8 Å². The molecule has 0 aliphatic carbocycles. The normalized spacial score (nSPS) is 11.9. The van der Waals surface area contributed by atoms with Gasteiger partial charge in [-0.3, -0.25) is 13.9 Å². The van der Waals surface area contributed by atoms with Gasteiger partial charge >= 0.3 is 0 Å². The van der Waals surface area contributed by atoms with Crippen molar-refractivity contribution in [2.24, 2.45) is 0 Å². The van der Waals surface area contributed by atoms with Crippen LogP contribution in [-0.4, -0.2) is 51.4 Å². The quantitative estimate of drug-likeness (QED) is 0.127. The summed E-state index contributed by atoms with van der Waals surface area (Å²) in [6.45, 7) is 3.40. The number of carbonyl (C=O) groups excluding carboxylic acids is 2. The molecule has 2 amide bonds. The first kappa shape index (κ1) is 37.1. The lowest BCUT2D eigenvalue weighted by molar-refractivity contribution is -0.140. The number of amides is 2. The highest BCUT2D eigenvalue weighted by atomic mass is 35.5. The summed E-state index contributed by atoms with van der Waals surface area (Å²) >= 11 is 19.5. The molecule has 0 radical (unpaired) electrons. The lowest BCUT2D eigenvalue weighted by Crippen LogP contribution is -2.53. The summed E-state index contributed by atoms with van der Waals surface area (Å²) in [5.41, 5.74) is 2.14. The Morgan fingerprint density at radius 3 is 2.19 bits per heavy atom. The number of methoxy groups -OCH3 is 1. The topological polar surface area (TPSA) is 96.0 Å². The van der Waals surface area contributed by atoms with Crippen LogP contribution in [0.5, 0.6) is 5.75 Å². The number of unbranched alkanes of at least 4 members (excludes halogenated alkanes) is 1. The smallest absolute Gasteiger partial charge is 0.264 e. The van der Waals surface area contributed by atoms with Gasteiger partial charge in [0.1, 0.15) is 18.3 Å². The van der Waals surface area contributed by atoms with Gasteiger partial charge in [-0.1, -0.05) is 102 Å². The molecular weight excluding hydrogens is 693 g/mol. The van der Waals surface area contributed by atoms with E-state index in [9.17, 15) is 18.0 Å². The number of nitrogens with one attached hydrogen (secondary N) is 1. The number of hydrogen-bond donors (Lipinski definition) is 1. The predicted octanol–water partition coefficient (Wildman–Crippen LogP) is 7.72. The molecule has 4 aromatic carbocycles. The highest BCUT2D eigenvalue weighted by Crippen LogP contribution is 2.35. The molecule has 254 valence electrons. The van der Waals surface area contributed by atoms with E-state index in [4.69, 9.17) is 39.5 Å². The molecule has 1 atom stereocenters. The van der Waals surface area contributed by atoms with Crippen molar-refractivity contribution < 1.29 is 22.7 Å². The third-order valence-electron chi connectivity index (χ3n) is 7.79. The fraction of sp³-hybridized carbons (Fsp3) is 0.278. The molecule has 0 fully saturated rings. The highest BCUT2D eigenvalue weighted by molar-refractivity contribution is 7.92. The van der Waals surface area contributed by atoms with Gasteiger partial charge in [-0.15, -0.1) is 0 Å². The Morgan fingerprint density at radius 2 is 1.56 bits per heavy atom. The van der Waals surface area contributed by atoms with Crippen molar-refractivity contribution in [2.45, 2.75) is 50.6 Å². The average molecular weight is 731 g/mol. The van der Waals surface area contributed by atoms with E-state index in [1.165, 1.54) is 36.3 Å². The molecule has 0 aliphatic rings. The fourth-order valence-corrected chi connectivity index (χ4v) is 7.22. The molecular formula is C36H38Cl3N3O5S. The van der Waals surface area contributed by atoms with E-state index in [0.717, 1.165) is 28.3 Å². The third kappa shape index (κ3) is 9.23. The number of rotatable bonds is 15. The van der Waals surface area contributed by atoms with E-state index in [1.807, 2.05) is 44.2 Å². The van der Waals surface area contributed by atoms with Crippen molar-refractivity contribution in [3.8, 4) is 5.75 Å². The number of carbonyl (C=O) groups is 2. The van der Waals surface area contributed by atoms with Gasteiger partial charge < -0.3 is 15.0 Å². The Morgan fingerprint density at radius 1 is 0.896 bits per heavy atom. The van der Waals surface area contributed by atoms with Gasteiger partial charge in [0.15, 0.2) is 0 Å². The molecule has 0 saturated carbocycles. The summed E-state index contributed by atoms with van der Waals surface area (Å²) in [7, 11) is -2.97. The van der Waals surface area contributed by atoms with Crippen molar-refractivity contribution in [2.75, 3.05) is 24.5 Å². The van der Waals surface area contributed by atoms with Crippen LogP contribution < -0.4 is 14.4 Å². The van der Waals surface area contributed by atoms with Crippen LogP contribution in [0.15, 0.2) is 95.9 Å². The Balaban J connectivity index is 1.87. The molecule has 4 aromatic rings. The minimum absolute atomic E-state index is 0.0400. The second-order valence-electron chi connectivity index (χ2n) is 11.2. The molecule has 0 spiro atoms. The second kappa shape index (κ2) is 17.1. The lowest BCUT2D eigenvalue weighted by Gasteiger charge is -2.34. The van der Waals surface area contributed by atoms with E-state index in [0.29, 0.717) is 22.2 Å². The third-order valence-corrected chi connectivity index (χ3v) is 10.5. The average Bonchev–Trinajstić information content (AvgIpc) is 3.07. The Labute approximate surface area is 297 Å². The maximum absolute atomic E-state index is 14.7.